The maximum Gasteiger partial charge on any atom is 0.251 e. The standard InChI is InChI=1S/C23H33F2N5O2/c24-23(25)7-12-29(13-8-23)19-2-9-26-20(28-19)16-3-10-30(11-4-16)21(32)17-14-18(31)22(15-27-17)5-1-6-22/h2,9,16-18,27,31H,1,3-8,10-15H2/t17-,18+/m0/s1. The molecular weight excluding hydrogens is 416 g/mol. The molecule has 2 N–H and O–H groups in total. The molecule has 1 aromatic rings. The highest BCUT2D eigenvalue weighted by molar-refractivity contribution is 5.82. The van der Waals surface area contributed by atoms with Crippen LogP contribution in [0.15, 0.2) is 12.3 Å². The number of rotatable bonds is 3. The van der Waals surface area contributed by atoms with Crippen molar-refractivity contribution in [3.8, 4) is 0 Å². The average Bonchev–Trinajstić information content (AvgIpc) is 2.77. The van der Waals surface area contributed by atoms with Crippen LogP contribution in [0.5, 0.6) is 0 Å². The SMILES string of the molecule is O=C([C@@H]1C[C@@H](O)C2(CCC2)CN1)N1CCC(c2nccc(N3CCC(F)(F)CC3)n2)CC1. The molecule has 1 amide bonds. The van der Waals surface area contributed by atoms with Crippen molar-refractivity contribution in [2.24, 2.45) is 5.41 Å². The largest absolute Gasteiger partial charge is 0.392 e. The van der Waals surface area contributed by atoms with Gasteiger partial charge in [-0.05, 0) is 38.2 Å². The lowest BCUT2D eigenvalue weighted by Gasteiger charge is -2.50. The zero-order valence-corrected chi connectivity index (χ0v) is 18.5. The number of aromatic nitrogens is 2. The molecule has 1 saturated carbocycles. The van der Waals surface area contributed by atoms with E-state index in [2.05, 4.69) is 10.3 Å². The zero-order valence-electron chi connectivity index (χ0n) is 18.5. The number of alkyl halides is 2. The predicted octanol–water partition coefficient (Wildman–Crippen LogP) is 2.31. The summed E-state index contributed by atoms with van der Waals surface area (Å²) < 4.78 is 26.9. The Morgan fingerprint density at radius 3 is 2.47 bits per heavy atom. The third kappa shape index (κ3) is 4.21. The smallest absolute Gasteiger partial charge is 0.251 e. The maximum atomic E-state index is 13.5. The highest BCUT2D eigenvalue weighted by Gasteiger charge is 2.48. The molecule has 2 atom stereocenters. The molecule has 4 fully saturated rings. The van der Waals surface area contributed by atoms with Crippen LogP contribution < -0.4 is 10.2 Å². The Labute approximate surface area is 187 Å². The van der Waals surface area contributed by atoms with Crippen molar-refractivity contribution < 1.29 is 18.7 Å². The molecule has 7 nitrogen and oxygen atoms in total. The molecule has 1 aromatic heterocycles. The number of carbonyl (C=O) groups is 1. The van der Waals surface area contributed by atoms with E-state index in [0.717, 1.165) is 38.1 Å². The quantitative estimate of drug-likeness (QED) is 0.737. The number of amides is 1. The van der Waals surface area contributed by atoms with Crippen molar-refractivity contribution in [2.75, 3.05) is 37.6 Å². The third-order valence-corrected chi connectivity index (χ3v) is 8.16. The first-order chi connectivity index (χ1) is 15.4. The molecule has 4 aliphatic rings. The predicted molar refractivity (Wildman–Crippen MR) is 116 cm³/mol. The van der Waals surface area contributed by atoms with Crippen LogP contribution in [0.2, 0.25) is 0 Å². The highest BCUT2D eigenvalue weighted by atomic mass is 19.3. The van der Waals surface area contributed by atoms with Crippen LogP contribution in [0, 0.1) is 5.41 Å². The molecule has 0 radical (unpaired) electrons. The van der Waals surface area contributed by atoms with E-state index in [0.29, 0.717) is 38.4 Å². The van der Waals surface area contributed by atoms with Gasteiger partial charge in [-0.1, -0.05) is 6.42 Å². The van der Waals surface area contributed by atoms with Crippen LogP contribution in [0.1, 0.15) is 63.1 Å². The second kappa shape index (κ2) is 8.48. The molecular formula is C23H33F2N5O2. The van der Waals surface area contributed by atoms with E-state index >= 15 is 0 Å². The van der Waals surface area contributed by atoms with Crippen LogP contribution >= 0.6 is 0 Å². The van der Waals surface area contributed by atoms with Gasteiger partial charge in [-0.15, -0.1) is 0 Å². The Kier molecular flexibility index (Phi) is 5.82. The summed E-state index contributed by atoms with van der Waals surface area (Å²) in [4.78, 5) is 26.0. The first kappa shape index (κ1) is 21.9. The molecule has 1 aliphatic carbocycles. The van der Waals surface area contributed by atoms with Gasteiger partial charge in [0.1, 0.15) is 11.6 Å². The molecule has 0 unspecified atom stereocenters. The lowest BCUT2D eigenvalue weighted by atomic mass is 9.62. The van der Waals surface area contributed by atoms with E-state index in [4.69, 9.17) is 4.98 Å². The van der Waals surface area contributed by atoms with E-state index in [9.17, 15) is 18.7 Å². The van der Waals surface area contributed by atoms with E-state index in [1.807, 2.05) is 9.80 Å². The number of aliphatic hydroxyl groups is 1. The summed E-state index contributed by atoms with van der Waals surface area (Å²) in [5, 5.41) is 14.0. The van der Waals surface area contributed by atoms with E-state index in [1.165, 1.54) is 6.42 Å². The van der Waals surface area contributed by atoms with Crippen molar-refractivity contribution in [1.29, 1.82) is 0 Å². The zero-order chi connectivity index (χ0) is 22.3. The first-order valence-electron chi connectivity index (χ1n) is 12.0. The maximum absolute atomic E-state index is 13.5. The number of aliphatic hydroxyl groups excluding tert-OH is 1. The molecule has 32 heavy (non-hydrogen) atoms. The van der Waals surface area contributed by atoms with Crippen LogP contribution in [0.25, 0.3) is 0 Å². The van der Waals surface area contributed by atoms with E-state index in [-0.39, 0.29) is 36.1 Å². The molecule has 4 heterocycles. The average molecular weight is 450 g/mol. The minimum Gasteiger partial charge on any atom is -0.392 e. The fourth-order valence-corrected chi connectivity index (χ4v) is 5.71. The summed E-state index contributed by atoms with van der Waals surface area (Å²) in [5.41, 5.74) is -0.00359. The van der Waals surface area contributed by atoms with E-state index < -0.39 is 12.0 Å². The van der Waals surface area contributed by atoms with Crippen molar-refractivity contribution in [3.05, 3.63) is 18.1 Å². The number of halogens is 2. The molecule has 0 aromatic carbocycles. The van der Waals surface area contributed by atoms with Crippen molar-refractivity contribution in [2.45, 2.75) is 75.4 Å². The van der Waals surface area contributed by atoms with Crippen LogP contribution in [-0.4, -0.2) is 76.7 Å². The first-order valence-corrected chi connectivity index (χ1v) is 12.0. The van der Waals surface area contributed by atoms with Gasteiger partial charge in [0.05, 0.1) is 12.1 Å². The topological polar surface area (TPSA) is 81.6 Å². The van der Waals surface area contributed by atoms with Gasteiger partial charge in [-0.3, -0.25) is 4.79 Å². The Morgan fingerprint density at radius 2 is 1.84 bits per heavy atom. The fraction of sp³-hybridized carbons (Fsp3) is 0.783. The van der Waals surface area contributed by atoms with Crippen molar-refractivity contribution in [3.63, 3.8) is 0 Å². The summed E-state index contributed by atoms with van der Waals surface area (Å²) in [6, 6.07) is 1.49. The lowest BCUT2D eigenvalue weighted by molar-refractivity contribution is -0.140. The molecule has 3 saturated heterocycles. The number of hydrogen-bond donors (Lipinski definition) is 2. The van der Waals surface area contributed by atoms with Gasteiger partial charge < -0.3 is 20.2 Å². The molecule has 9 heteroatoms. The summed E-state index contributed by atoms with van der Waals surface area (Å²) >= 11 is 0. The molecule has 0 bridgehead atoms. The lowest BCUT2D eigenvalue weighted by Crippen LogP contribution is -2.61. The van der Waals surface area contributed by atoms with Crippen LogP contribution in [0.4, 0.5) is 14.6 Å². The molecule has 5 rings (SSSR count). The van der Waals surface area contributed by atoms with Gasteiger partial charge in [0, 0.05) is 63.1 Å². The van der Waals surface area contributed by atoms with E-state index in [1.54, 1.807) is 12.3 Å². The Hall–Kier alpha value is -1.87. The highest BCUT2D eigenvalue weighted by Crippen LogP contribution is 2.46. The number of carbonyl (C=O) groups excluding carboxylic acids is 1. The van der Waals surface area contributed by atoms with Crippen LogP contribution in [-0.2, 0) is 4.79 Å². The molecule has 3 aliphatic heterocycles. The van der Waals surface area contributed by atoms with Gasteiger partial charge in [0.2, 0.25) is 5.91 Å². The Balaban J connectivity index is 1.15. The van der Waals surface area contributed by atoms with Gasteiger partial charge in [0.15, 0.2) is 0 Å². The van der Waals surface area contributed by atoms with Crippen LogP contribution in [0.3, 0.4) is 0 Å². The Bertz CT molecular complexity index is 831. The summed E-state index contributed by atoms with van der Waals surface area (Å²) in [6.07, 6.45) is 6.37. The molecule has 1 spiro atoms. The second-order valence-corrected chi connectivity index (χ2v) is 10.1. The number of nitrogens with one attached hydrogen (secondary N) is 1. The summed E-state index contributed by atoms with van der Waals surface area (Å²) in [6.45, 7) is 2.62. The number of anilines is 1. The number of nitrogens with zero attached hydrogens (tertiary/aromatic N) is 4. The van der Waals surface area contributed by atoms with Gasteiger partial charge in [-0.2, -0.15) is 0 Å². The third-order valence-electron chi connectivity index (χ3n) is 8.16. The van der Waals surface area contributed by atoms with Gasteiger partial charge in [-0.25, -0.2) is 18.7 Å². The second-order valence-electron chi connectivity index (χ2n) is 10.1. The minimum absolute atomic E-state index is 0.00359. The normalized spacial score (nSPS) is 30.2. The Morgan fingerprint density at radius 1 is 1.12 bits per heavy atom. The van der Waals surface area contributed by atoms with Gasteiger partial charge in [0.25, 0.3) is 5.92 Å². The van der Waals surface area contributed by atoms with Gasteiger partial charge >= 0.3 is 0 Å². The minimum atomic E-state index is -2.58. The monoisotopic (exact) mass is 449 g/mol. The fourth-order valence-electron chi connectivity index (χ4n) is 5.71. The summed E-state index contributed by atoms with van der Waals surface area (Å²) in [7, 11) is 0. The van der Waals surface area contributed by atoms with Crippen molar-refractivity contribution >= 4 is 11.7 Å². The number of piperidine rings is 3. The summed E-state index contributed by atoms with van der Waals surface area (Å²) in [5.74, 6) is -0.874. The molecule has 176 valence electrons. The number of likely N-dealkylation sites (tertiary alicyclic amines) is 1. The number of hydrogen-bond acceptors (Lipinski definition) is 6. The van der Waals surface area contributed by atoms with Crippen molar-refractivity contribution in [1.82, 2.24) is 20.2 Å².